The van der Waals surface area contributed by atoms with Crippen LogP contribution >= 0.6 is 0 Å². The van der Waals surface area contributed by atoms with Gasteiger partial charge >= 0.3 is 12.1 Å². The molecule has 0 radical (unpaired) electrons. The number of alkyl carbamates (subject to hydrolysis) is 1. The summed E-state index contributed by atoms with van der Waals surface area (Å²) in [6, 6.07) is 0. The summed E-state index contributed by atoms with van der Waals surface area (Å²) in [6.07, 6.45) is -0.504. The van der Waals surface area contributed by atoms with Crippen LogP contribution in [0.2, 0.25) is 0 Å². The van der Waals surface area contributed by atoms with Gasteiger partial charge in [-0.2, -0.15) is 0 Å². The van der Waals surface area contributed by atoms with Gasteiger partial charge < -0.3 is 14.8 Å². The van der Waals surface area contributed by atoms with E-state index in [1.807, 2.05) is 0 Å². The molecule has 1 N–H and O–H groups in total. The number of carbonyl (C=O) groups is 2. The standard InChI is InChI=1S/C8H15NO4/c1-6(2)13-7(10)4-5-9-8(11)12-3/h6H,4-5H2,1-3H3,(H,9,11). The predicted molar refractivity (Wildman–Crippen MR) is 46.3 cm³/mol. The van der Waals surface area contributed by atoms with Gasteiger partial charge in [-0.25, -0.2) is 4.79 Å². The number of hydrogen-bond acceptors (Lipinski definition) is 4. The van der Waals surface area contributed by atoms with Gasteiger partial charge in [0.05, 0.1) is 19.6 Å². The first-order valence-electron chi connectivity index (χ1n) is 4.07. The average molecular weight is 189 g/mol. The van der Waals surface area contributed by atoms with E-state index in [1.165, 1.54) is 7.11 Å². The van der Waals surface area contributed by atoms with Crippen molar-refractivity contribution in [3.63, 3.8) is 0 Å². The van der Waals surface area contributed by atoms with Crippen molar-refractivity contribution in [2.75, 3.05) is 13.7 Å². The molecular formula is C8H15NO4. The van der Waals surface area contributed by atoms with Crippen molar-refractivity contribution in [2.24, 2.45) is 0 Å². The van der Waals surface area contributed by atoms with Crippen molar-refractivity contribution in [1.82, 2.24) is 5.32 Å². The summed E-state index contributed by atoms with van der Waals surface area (Å²) in [7, 11) is 1.27. The molecule has 5 heteroatoms. The number of amides is 1. The molecule has 13 heavy (non-hydrogen) atoms. The Morgan fingerprint density at radius 1 is 1.38 bits per heavy atom. The van der Waals surface area contributed by atoms with E-state index in [1.54, 1.807) is 13.8 Å². The van der Waals surface area contributed by atoms with Gasteiger partial charge in [-0.15, -0.1) is 0 Å². The highest BCUT2D eigenvalue weighted by Crippen LogP contribution is 1.91. The van der Waals surface area contributed by atoms with Crippen LogP contribution in [0, 0.1) is 0 Å². The molecule has 0 aliphatic carbocycles. The van der Waals surface area contributed by atoms with Crippen LogP contribution in [-0.4, -0.2) is 31.8 Å². The Kier molecular flexibility index (Phi) is 5.67. The summed E-state index contributed by atoms with van der Waals surface area (Å²) in [5.41, 5.74) is 0. The fourth-order valence-corrected chi connectivity index (χ4v) is 0.661. The molecular weight excluding hydrogens is 174 g/mol. The van der Waals surface area contributed by atoms with Crippen LogP contribution in [0.25, 0.3) is 0 Å². The summed E-state index contributed by atoms with van der Waals surface area (Å²) >= 11 is 0. The van der Waals surface area contributed by atoms with Crippen LogP contribution in [0.4, 0.5) is 4.79 Å². The first kappa shape index (κ1) is 11.7. The maximum Gasteiger partial charge on any atom is 0.406 e. The molecule has 0 saturated heterocycles. The van der Waals surface area contributed by atoms with Crippen LogP contribution < -0.4 is 5.32 Å². The molecule has 0 atom stereocenters. The molecule has 0 aromatic heterocycles. The van der Waals surface area contributed by atoms with Gasteiger partial charge in [0.2, 0.25) is 0 Å². The van der Waals surface area contributed by atoms with Gasteiger partial charge in [0.15, 0.2) is 0 Å². The van der Waals surface area contributed by atoms with Crippen molar-refractivity contribution < 1.29 is 19.1 Å². The quantitative estimate of drug-likeness (QED) is 0.660. The van der Waals surface area contributed by atoms with Gasteiger partial charge in [-0.05, 0) is 13.8 Å². The molecule has 0 aliphatic rings. The minimum absolute atomic E-state index is 0.120. The summed E-state index contributed by atoms with van der Waals surface area (Å²) in [6.45, 7) is 3.77. The molecule has 0 aromatic rings. The average Bonchev–Trinajstić information content (AvgIpc) is 2.02. The van der Waals surface area contributed by atoms with Crippen molar-refractivity contribution >= 4 is 12.1 Å². The van der Waals surface area contributed by atoms with E-state index < -0.39 is 6.09 Å². The minimum atomic E-state index is -0.544. The lowest BCUT2D eigenvalue weighted by molar-refractivity contribution is -0.147. The Bertz CT molecular complexity index is 179. The second-order valence-electron chi connectivity index (χ2n) is 2.71. The number of carbonyl (C=O) groups excluding carboxylic acids is 2. The van der Waals surface area contributed by atoms with E-state index >= 15 is 0 Å². The number of ether oxygens (including phenoxy) is 2. The second-order valence-corrected chi connectivity index (χ2v) is 2.71. The fraction of sp³-hybridized carbons (Fsp3) is 0.750. The number of rotatable bonds is 4. The highest BCUT2D eigenvalue weighted by molar-refractivity contribution is 5.71. The molecule has 0 aliphatic heterocycles. The molecule has 0 spiro atoms. The molecule has 76 valence electrons. The topological polar surface area (TPSA) is 64.6 Å². The molecule has 0 unspecified atom stereocenters. The molecule has 0 aromatic carbocycles. The van der Waals surface area contributed by atoms with Gasteiger partial charge in [0.1, 0.15) is 0 Å². The summed E-state index contributed by atoms with van der Waals surface area (Å²) in [4.78, 5) is 21.4. The van der Waals surface area contributed by atoms with Crippen molar-refractivity contribution in [3.8, 4) is 0 Å². The SMILES string of the molecule is COC(=O)NCCC(=O)OC(C)C. The molecule has 0 bridgehead atoms. The molecule has 1 amide bonds. The van der Waals surface area contributed by atoms with Crippen LogP contribution in [0.1, 0.15) is 20.3 Å². The minimum Gasteiger partial charge on any atom is -0.463 e. The maximum atomic E-state index is 10.9. The molecule has 0 saturated carbocycles. The highest BCUT2D eigenvalue weighted by atomic mass is 16.5. The van der Waals surface area contributed by atoms with Gasteiger partial charge in [-0.3, -0.25) is 4.79 Å². The predicted octanol–water partition coefficient (Wildman–Crippen LogP) is 0.684. The normalized spacial score (nSPS) is 9.54. The summed E-state index contributed by atoms with van der Waals surface area (Å²) in [5.74, 6) is -0.327. The van der Waals surface area contributed by atoms with Gasteiger partial charge in [0.25, 0.3) is 0 Å². The number of esters is 1. The first-order valence-corrected chi connectivity index (χ1v) is 4.07. The van der Waals surface area contributed by atoms with Crippen molar-refractivity contribution in [2.45, 2.75) is 26.4 Å². The molecule has 0 fully saturated rings. The van der Waals surface area contributed by atoms with E-state index in [4.69, 9.17) is 4.74 Å². The van der Waals surface area contributed by atoms with Crippen molar-refractivity contribution in [3.05, 3.63) is 0 Å². The molecule has 0 heterocycles. The zero-order chi connectivity index (χ0) is 10.3. The maximum absolute atomic E-state index is 10.9. The Hall–Kier alpha value is -1.26. The third-order valence-electron chi connectivity index (χ3n) is 1.15. The Morgan fingerprint density at radius 2 is 2.00 bits per heavy atom. The fourth-order valence-electron chi connectivity index (χ4n) is 0.661. The van der Waals surface area contributed by atoms with Gasteiger partial charge in [-0.1, -0.05) is 0 Å². The van der Waals surface area contributed by atoms with E-state index in [2.05, 4.69) is 10.1 Å². The lowest BCUT2D eigenvalue weighted by Gasteiger charge is -2.07. The van der Waals surface area contributed by atoms with Crippen LogP contribution in [0.5, 0.6) is 0 Å². The van der Waals surface area contributed by atoms with Gasteiger partial charge in [0, 0.05) is 6.54 Å². The van der Waals surface area contributed by atoms with E-state index in [-0.39, 0.29) is 25.0 Å². The Balaban J connectivity index is 3.42. The second kappa shape index (κ2) is 6.28. The monoisotopic (exact) mass is 189 g/mol. The third-order valence-corrected chi connectivity index (χ3v) is 1.15. The Morgan fingerprint density at radius 3 is 2.46 bits per heavy atom. The third kappa shape index (κ3) is 7.11. The largest absolute Gasteiger partial charge is 0.463 e. The lowest BCUT2D eigenvalue weighted by atomic mass is 10.4. The van der Waals surface area contributed by atoms with Crippen LogP contribution in [0.15, 0.2) is 0 Å². The number of hydrogen-bond donors (Lipinski definition) is 1. The zero-order valence-corrected chi connectivity index (χ0v) is 8.12. The van der Waals surface area contributed by atoms with E-state index in [9.17, 15) is 9.59 Å². The first-order chi connectivity index (χ1) is 6.06. The molecule has 0 rings (SSSR count). The van der Waals surface area contributed by atoms with Crippen molar-refractivity contribution in [1.29, 1.82) is 0 Å². The highest BCUT2D eigenvalue weighted by Gasteiger charge is 2.05. The number of methoxy groups -OCH3 is 1. The lowest BCUT2D eigenvalue weighted by Crippen LogP contribution is -2.26. The smallest absolute Gasteiger partial charge is 0.406 e. The summed E-state index contributed by atoms with van der Waals surface area (Å²) < 4.78 is 9.15. The summed E-state index contributed by atoms with van der Waals surface area (Å²) in [5, 5.41) is 2.37. The number of nitrogens with one attached hydrogen (secondary N) is 1. The van der Waals surface area contributed by atoms with E-state index in [0.29, 0.717) is 0 Å². The zero-order valence-electron chi connectivity index (χ0n) is 8.12. The van der Waals surface area contributed by atoms with Crippen LogP contribution in [-0.2, 0) is 14.3 Å². The Labute approximate surface area is 77.4 Å². The van der Waals surface area contributed by atoms with E-state index in [0.717, 1.165) is 0 Å². The van der Waals surface area contributed by atoms with Crippen LogP contribution in [0.3, 0.4) is 0 Å². The molecule has 5 nitrogen and oxygen atoms in total.